The van der Waals surface area contributed by atoms with Crippen LogP contribution in [0.3, 0.4) is 0 Å². The van der Waals surface area contributed by atoms with Crippen LogP contribution in [0, 0.1) is 11.8 Å². The molecule has 1 saturated carbocycles. The zero-order chi connectivity index (χ0) is 24.1. The van der Waals surface area contributed by atoms with E-state index in [0.717, 1.165) is 38.9 Å². The Kier molecular flexibility index (Phi) is 7.42. The predicted octanol–water partition coefficient (Wildman–Crippen LogP) is 3.54. The maximum Gasteiger partial charge on any atom is 0.255 e. The number of carbonyl (C=O) groups is 3. The normalized spacial score (nSPS) is 15.9. The third-order valence-corrected chi connectivity index (χ3v) is 6.11. The molecular weight excluding hydrogens is 436 g/mol. The number of benzene rings is 1. The van der Waals surface area contributed by atoms with Gasteiger partial charge in [0, 0.05) is 37.9 Å². The molecule has 1 aromatic carbocycles. The fourth-order valence-corrected chi connectivity index (χ4v) is 3.94. The Morgan fingerprint density at radius 2 is 1.85 bits per heavy atom. The molecule has 2 fully saturated rings. The summed E-state index contributed by atoms with van der Waals surface area (Å²) in [6.45, 7) is 3.46. The third kappa shape index (κ3) is 5.72. The van der Waals surface area contributed by atoms with Crippen LogP contribution in [0.4, 0.5) is 17.2 Å². The fraction of sp³-hybridized carbons (Fsp3) is 0.440. The topological polar surface area (TPSA) is 119 Å². The van der Waals surface area contributed by atoms with Crippen molar-refractivity contribution in [1.82, 2.24) is 10.3 Å². The molecule has 34 heavy (non-hydrogen) atoms. The number of ether oxygens (including phenoxy) is 2. The van der Waals surface area contributed by atoms with Crippen molar-refractivity contribution < 1.29 is 23.9 Å². The van der Waals surface area contributed by atoms with Gasteiger partial charge in [0.25, 0.3) is 5.91 Å². The first kappa shape index (κ1) is 23.7. The van der Waals surface area contributed by atoms with Crippen LogP contribution in [0.15, 0.2) is 30.5 Å². The standard InChI is InChI=1S/C25H30N4O5/c1-15(30)19-14-26-22(29-24(31)17-6-7-17)12-21(19)28-20-5-3-4-18(23(20)33-2)25(32)27-13-16-8-10-34-11-9-16/h3-5,12,14,16-17H,6-11,13H2,1-2H3,(H,27,32)(H2,26,28,29,31). The number of amides is 2. The number of anilines is 3. The molecule has 0 bridgehead atoms. The van der Waals surface area contributed by atoms with E-state index in [1.54, 1.807) is 24.3 Å². The van der Waals surface area contributed by atoms with E-state index in [1.165, 1.54) is 20.2 Å². The van der Waals surface area contributed by atoms with Crippen molar-refractivity contribution in [3.63, 3.8) is 0 Å². The van der Waals surface area contributed by atoms with Gasteiger partial charge in [-0.1, -0.05) is 6.07 Å². The number of hydrogen-bond acceptors (Lipinski definition) is 7. The second-order valence-corrected chi connectivity index (χ2v) is 8.71. The number of nitrogens with one attached hydrogen (secondary N) is 3. The smallest absolute Gasteiger partial charge is 0.255 e. The molecule has 9 nitrogen and oxygen atoms in total. The minimum atomic E-state index is -0.231. The first-order valence-corrected chi connectivity index (χ1v) is 11.6. The summed E-state index contributed by atoms with van der Waals surface area (Å²) in [6, 6.07) is 6.83. The third-order valence-electron chi connectivity index (χ3n) is 6.11. The highest BCUT2D eigenvalue weighted by Gasteiger charge is 2.30. The van der Waals surface area contributed by atoms with Crippen molar-refractivity contribution in [2.45, 2.75) is 32.6 Å². The van der Waals surface area contributed by atoms with Crippen LogP contribution in [0.5, 0.6) is 5.75 Å². The molecule has 0 spiro atoms. The number of Topliss-reactive ketones (excluding diaryl/α,β-unsaturated/α-hetero) is 1. The van der Waals surface area contributed by atoms with E-state index in [0.29, 0.717) is 46.5 Å². The van der Waals surface area contributed by atoms with E-state index in [-0.39, 0.29) is 23.5 Å². The Bertz CT molecular complexity index is 1080. The van der Waals surface area contributed by atoms with Crippen molar-refractivity contribution in [3.8, 4) is 5.75 Å². The first-order chi connectivity index (χ1) is 16.5. The van der Waals surface area contributed by atoms with Gasteiger partial charge < -0.3 is 25.4 Å². The van der Waals surface area contributed by atoms with Crippen LogP contribution >= 0.6 is 0 Å². The molecule has 180 valence electrons. The number of ketones is 1. The Hall–Kier alpha value is -3.46. The second kappa shape index (κ2) is 10.6. The number of pyridine rings is 1. The van der Waals surface area contributed by atoms with Crippen molar-refractivity contribution >= 4 is 34.8 Å². The Labute approximate surface area is 198 Å². The van der Waals surface area contributed by atoms with Gasteiger partial charge in [0.1, 0.15) is 5.82 Å². The van der Waals surface area contributed by atoms with Gasteiger partial charge in [-0.05, 0) is 50.7 Å². The van der Waals surface area contributed by atoms with Crippen molar-refractivity contribution in [2.75, 3.05) is 37.5 Å². The number of rotatable bonds is 9. The summed E-state index contributed by atoms with van der Waals surface area (Å²) >= 11 is 0. The molecule has 0 atom stereocenters. The molecule has 4 rings (SSSR count). The number of para-hydroxylation sites is 1. The summed E-state index contributed by atoms with van der Waals surface area (Å²) < 4.78 is 11.0. The Balaban J connectivity index is 1.55. The lowest BCUT2D eigenvalue weighted by Gasteiger charge is -2.22. The molecule has 1 saturated heterocycles. The summed E-state index contributed by atoms with van der Waals surface area (Å²) in [7, 11) is 1.50. The van der Waals surface area contributed by atoms with Crippen molar-refractivity contribution in [3.05, 3.63) is 41.6 Å². The average Bonchev–Trinajstić information content (AvgIpc) is 3.69. The van der Waals surface area contributed by atoms with E-state index in [9.17, 15) is 14.4 Å². The largest absolute Gasteiger partial charge is 0.494 e. The average molecular weight is 467 g/mol. The van der Waals surface area contributed by atoms with Gasteiger partial charge in [-0.3, -0.25) is 14.4 Å². The molecule has 9 heteroatoms. The first-order valence-electron chi connectivity index (χ1n) is 11.6. The quantitative estimate of drug-likeness (QED) is 0.484. The molecule has 1 aliphatic carbocycles. The van der Waals surface area contributed by atoms with Crippen molar-refractivity contribution in [2.24, 2.45) is 11.8 Å². The van der Waals surface area contributed by atoms with E-state index in [1.807, 2.05) is 0 Å². The monoisotopic (exact) mass is 466 g/mol. The lowest BCUT2D eigenvalue weighted by atomic mass is 10.0. The maximum absolute atomic E-state index is 12.9. The van der Waals surface area contributed by atoms with Gasteiger partial charge in [0.05, 0.1) is 29.6 Å². The second-order valence-electron chi connectivity index (χ2n) is 8.71. The summed E-state index contributed by atoms with van der Waals surface area (Å²) in [5.41, 5.74) is 1.74. The number of methoxy groups -OCH3 is 1. The van der Waals surface area contributed by atoms with E-state index < -0.39 is 0 Å². The zero-order valence-corrected chi connectivity index (χ0v) is 19.5. The molecular formula is C25H30N4O5. The highest BCUT2D eigenvalue weighted by molar-refractivity contribution is 6.03. The highest BCUT2D eigenvalue weighted by atomic mass is 16.5. The SMILES string of the molecule is COc1c(Nc2cc(NC(=O)C3CC3)ncc2C(C)=O)cccc1C(=O)NCC1CCOCC1. The summed E-state index contributed by atoms with van der Waals surface area (Å²) in [5.74, 6) is 0.655. The van der Waals surface area contributed by atoms with Crippen LogP contribution in [0.2, 0.25) is 0 Å². The molecule has 2 heterocycles. The Morgan fingerprint density at radius 3 is 2.53 bits per heavy atom. The minimum absolute atomic E-state index is 0.0297. The lowest BCUT2D eigenvalue weighted by Crippen LogP contribution is -2.32. The highest BCUT2D eigenvalue weighted by Crippen LogP contribution is 2.34. The van der Waals surface area contributed by atoms with Crippen LogP contribution < -0.4 is 20.7 Å². The molecule has 3 N–H and O–H groups in total. The number of hydrogen-bond donors (Lipinski definition) is 3. The fourth-order valence-electron chi connectivity index (χ4n) is 3.94. The van der Waals surface area contributed by atoms with E-state index in [2.05, 4.69) is 20.9 Å². The molecule has 1 aliphatic heterocycles. The van der Waals surface area contributed by atoms with Crippen molar-refractivity contribution in [1.29, 1.82) is 0 Å². The molecule has 2 amide bonds. The van der Waals surface area contributed by atoms with Crippen LogP contribution in [-0.4, -0.2) is 49.4 Å². The predicted molar refractivity (Wildman–Crippen MR) is 128 cm³/mol. The summed E-state index contributed by atoms with van der Waals surface area (Å²) in [6.07, 6.45) is 5.04. The number of nitrogens with zero attached hydrogens (tertiary/aromatic N) is 1. The minimum Gasteiger partial charge on any atom is -0.494 e. The summed E-state index contributed by atoms with van der Waals surface area (Å²) in [4.78, 5) is 41.5. The van der Waals surface area contributed by atoms with Gasteiger partial charge in [-0.2, -0.15) is 0 Å². The zero-order valence-electron chi connectivity index (χ0n) is 19.5. The molecule has 2 aromatic rings. The molecule has 2 aliphatic rings. The molecule has 0 radical (unpaired) electrons. The van der Waals surface area contributed by atoms with Gasteiger partial charge in [0.2, 0.25) is 5.91 Å². The molecule has 0 unspecified atom stereocenters. The Morgan fingerprint density at radius 1 is 1.09 bits per heavy atom. The maximum atomic E-state index is 12.9. The van der Waals surface area contributed by atoms with Gasteiger partial charge in [-0.25, -0.2) is 4.98 Å². The van der Waals surface area contributed by atoms with Gasteiger partial charge in [0.15, 0.2) is 11.5 Å². The number of aromatic nitrogens is 1. The van der Waals surface area contributed by atoms with Gasteiger partial charge >= 0.3 is 0 Å². The molecule has 1 aromatic heterocycles. The van der Waals surface area contributed by atoms with Crippen LogP contribution in [-0.2, 0) is 9.53 Å². The van der Waals surface area contributed by atoms with Gasteiger partial charge in [-0.15, -0.1) is 0 Å². The van der Waals surface area contributed by atoms with Crippen LogP contribution in [0.25, 0.3) is 0 Å². The summed E-state index contributed by atoms with van der Waals surface area (Å²) in [5, 5.41) is 8.99. The lowest BCUT2D eigenvalue weighted by molar-refractivity contribution is -0.117. The van der Waals surface area contributed by atoms with E-state index in [4.69, 9.17) is 9.47 Å². The number of carbonyl (C=O) groups excluding carboxylic acids is 3. The van der Waals surface area contributed by atoms with Crippen LogP contribution in [0.1, 0.15) is 53.3 Å². The van der Waals surface area contributed by atoms with E-state index >= 15 is 0 Å².